The summed E-state index contributed by atoms with van der Waals surface area (Å²) in [6.45, 7) is 17.8. The molecule has 1 fully saturated rings. The number of hydrogen-bond acceptors (Lipinski definition) is 3. The van der Waals surface area contributed by atoms with Gasteiger partial charge in [-0.15, -0.1) is 0 Å². The summed E-state index contributed by atoms with van der Waals surface area (Å²) in [5, 5.41) is 13.5. The van der Waals surface area contributed by atoms with E-state index in [1.807, 2.05) is 0 Å². The van der Waals surface area contributed by atoms with E-state index in [0.29, 0.717) is 11.3 Å². The Morgan fingerprint density at radius 3 is 2.37 bits per heavy atom. The summed E-state index contributed by atoms with van der Waals surface area (Å²) in [6.07, 6.45) is 2.01. The number of hydrogen-bond donors (Lipinski definition) is 2. The van der Waals surface area contributed by atoms with E-state index in [2.05, 4.69) is 51.8 Å². The van der Waals surface area contributed by atoms with Gasteiger partial charge in [0.05, 0.1) is 6.10 Å². The van der Waals surface area contributed by atoms with Crippen molar-refractivity contribution in [2.75, 3.05) is 26.2 Å². The minimum Gasteiger partial charge on any atom is -0.393 e. The summed E-state index contributed by atoms with van der Waals surface area (Å²) < 4.78 is 0. The smallest absolute Gasteiger partial charge is 0.0590 e. The van der Waals surface area contributed by atoms with E-state index in [9.17, 15) is 5.11 Å². The second kappa shape index (κ2) is 6.55. The molecule has 19 heavy (non-hydrogen) atoms. The molecule has 0 amide bonds. The maximum absolute atomic E-state index is 9.82. The molecule has 1 aliphatic rings. The molecule has 0 spiro atoms. The highest BCUT2D eigenvalue weighted by Gasteiger charge is 2.31. The standard InChI is InChI=1S/C16H34N2O/c1-7-16(6,11-17-15(3,4)5)12-18-9-8-14(19)13(2)10-18/h13-14,17,19H,7-12H2,1-6H3. The lowest BCUT2D eigenvalue weighted by Crippen LogP contribution is -2.50. The van der Waals surface area contributed by atoms with Gasteiger partial charge in [0.15, 0.2) is 0 Å². The molecule has 0 radical (unpaired) electrons. The summed E-state index contributed by atoms with van der Waals surface area (Å²) >= 11 is 0. The fraction of sp³-hybridized carbons (Fsp3) is 1.00. The van der Waals surface area contributed by atoms with Crippen LogP contribution in [0, 0.1) is 11.3 Å². The van der Waals surface area contributed by atoms with Crippen LogP contribution in [0.25, 0.3) is 0 Å². The van der Waals surface area contributed by atoms with Crippen molar-refractivity contribution < 1.29 is 5.11 Å². The molecule has 1 heterocycles. The first kappa shape index (κ1) is 16.9. The van der Waals surface area contributed by atoms with E-state index < -0.39 is 0 Å². The maximum atomic E-state index is 9.82. The average molecular weight is 270 g/mol. The minimum atomic E-state index is -0.100. The average Bonchev–Trinajstić information content (AvgIpc) is 2.31. The molecule has 114 valence electrons. The van der Waals surface area contributed by atoms with Crippen molar-refractivity contribution in [1.82, 2.24) is 10.2 Å². The Kier molecular flexibility index (Phi) is 5.84. The summed E-state index contributed by atoms with van der Waals surface area (Å²) in [5.74, 6) is 0.408. The van der Waals surface area contributed by atoms with Crippen LogP contribution in [0.2, 0.25) is 0 Å². The van der Waals surface area contributed by atoms with E-state index in [1.165, 1.54) is 6.42 Å². The van der Waals surface area contributed by atoms with Crippen LogP contribution in [-0.4, -0.2) is 47.8 Å². The quantitative estimate of drug-likeness (QED) is 0.806. The number of rotatable bonds is 5. The van der Waals surface area contributed by atoms with Crippen LogP contribution < -0.4 is 5.32 Å². The van der Waals surface area contributed by atoms with Crippen LogP contribution in [0.5, 0.6) is 0 Å². The number of aliphatic hydroxyl groups is 1. The van der Waals surface area contributed by atoms with Crippen molar-refractivity contribution in [3.8, 4) is 0 Å². The van der Waals surface area contributed by atoms with Gasteiger partial charge in [-0.05, 0) is 44.9 Å². The molecule has 3 nitrogen and oxygen atoms in total. The van der Waals surface area contributed by atoms with Crippen LogP contribution in [0.1, 0.15) is 54.4 Å². The Hall–Kier alpha value is -0.120. The molecule has 2 N–H and O–H groups in total. The third-order valence-electron chi connectivity index (χ3n) is 4.45. The highest BCUT2D eigenvalue weighted by Crippen LogP contribution is 2.26. The Morgan fingerprint density at radius 2 is 1.89 bits per heavy atom. The summed E-state index contributed by atoms with van der Waals surface area (Å²) in [7, 11) is 0. The summed E-state index contributed by atoms with van der Waals surface area (Å²) in [5.41, 5.74) is 0.497. The van der Waals surface area contributed by atoms with Gasteiger partial charge in [-0.2, -0.15) is 0 Å². The molecule has 0 bridgehead atoms. The Balaban J connectivity index is 2.51. The van der Waals surface area contributed by atoms with Gasteiger partial charge in [0.2, 0.25) is 0 Å². The third kappa shape index (κ3) is 5.80. The second-order valence-corrected chi connectivity index (χ2v) is 7.84. The molecular formula is C16H34N2O. The molecule has 3 atom stereocenters. The van der Waals surface area contributed by atoms with Crippen LogP contribution in [0.15, 0.2) is 0 Å². The van der Waals surface area contributed by atoms with Gasteiger partial charge in [-0.25, -0.2) is 0 Å². The van der Waals surface area contributed by atoms with Crippen molar-refractivity contribution in [3.05, 3.63) is 0 Å². The first-order chi connectivity index (χ1) is 8.65. The fourth-order valence-electron chi connectivity index (χ4n) is 2.67. The molecular weight excluding hydrogens is 236 g/mol. The monoisotopic (exact) mass is 270 g/mol. The first-order valence-electron chi connectivity index (χ1n) is 7.81. The Labute approximate surface area is 119 Å². The molecule has 3 heteroatoms. The topological polar surface area (TPSA) is 35.5 Å². The van der Waals surface area contributed by atoms with E-state index in [4.69, 9.17) is 0 Å². The van der Waals surface area contributed by atoms with Crippen molar-refractivity contribution in [3.63, 3.8) is 0 Å². The predicted molar refractivity (Wildman–Crippen MR) is 82.4 cm³/mol. The highest BCUT2D eigenvalue weighted by atomic mass is 16.3. The van der Waals surface area contributed by atoms with E-state index in [-0.39, 0.29) is 11.6 Å². The molecule has 0 aromatic rings. The Bertz CT molecular complexity index is 274. The van der Waals surface area contributed by atoms with Gasteiger partial charge in [0, 0.05) is 31.7 Å². The SMILES string of the molecule is CCC(C)(CNC(C)(C)C)CN1CCC(O)C(C)C1. The van der Waals surface area contributed by atoms with Gasteiger partial charge < -0.3 is 15.3 Å². The fourth-order valence-corrected chi connectivity index (χ4v) is 2.67. The number of nitrogens with zero attached hydrogens (tertiary/aromatic N) is 1. The van der Waals surface area contributed by atoms with Crippen molar-refractivity contribution >= 4 is 0 Å². The van der Waals surface area contributed by atoms with E-state index in [1.54, 1.807) is 0 Å². The van der Waals surface area contributed by atoms with E-state index in [0.717, 1.165) is 32.6 Å². The second-order valence-electron chi connectivity index (χ2n) is 7.84. The van der Waals surface area contributed by atoms with Crippen molar-refractivity contribution in [1.29, 1.82) is 0 Å². The van der Waals surface area contributed by atoms with Crippen LogP contribution in [0.3, 0.4) is 0 Å². The molecule has 0 saturated carbocycles. The lowest BCUT2D eigenvalue weighted by molar-refractivity contribution is 0.0172. The zero-order valence-corrected chi connectivity index (χ0v) is 13.8. The van der Waals surface area contributed by atoms with Crippen molar-refractivity contribution in [2.45, 2.75) is 66.0 Å². The van der Waals surface area contributed by atoms with Gasteiger partial charge in [0.1, 0.15) is 0 Å². The van der Waals surface area contributed by atoms with E-state index >= 15 is 0 Å². The van der Waals surface area contributed by atoms with Crippen LogP contribution >= 0.6 is 0 Å². The molecule has 0 aromatic heterocycles. The molecule has 1 rings (SSSR count). The maximum Gasteiger partial charge on any atom is 0.0590 e. The van der Waals surface area contributed by atoms with Crippen LogP contribution in [-0.2, 0) is 0 Å². The van der Waals surface area contributed by atoms with Crippen LogP contribution in [0.4, 0.5) is 0 Å². The zero-order chi connectivity index (χ0) is 14.7. The molecule has 1 aliphatic heterocycles. The lowest BCUT2D eigenvalue weighted by atomic mass is 9.84. The summed E-state index contributed by atoms with van der Waals surface area (Å²) in [6, 6.07) is 0. The summed E-state index contributed by atoms with van der Waals surface area (Å²) in [4.78, 5) is 2.53. The number of nitrogens with one attached hydrogen (secondary N) is 1. The zero-order valence-electron chi connectivity index (χ0n) is 13.8. The third-order valence-corrected chi connectivity index (χ3v) is 4.45. The number of aliphatic hydroxyl groups excluding tert-OH is 1. The minimum absolute atomic E-state index is 0.100. The van der Waals surface area contributed by atoms with Gasteiger partial charge >= 0.3 is 0 Å². The molecule has 1 saturated heterocycles. The molecule has 3 unspecified atom stereocenters. The first-order valence-corrected chi connectivity index (χ1v) is 7.81. The van der Waals surface area contributed by atoms with Gasteiger partial charge in [-0.1, -0.05) is 20.8 Å². The predicted octanol–water partition coefficient (Wildman–Crippen LogP) is 2.49. The normalized spacial score (nSPS) is 29.2. The number of piperidine rings is 1. The largest absolute Gasteiger partial charge is 0.393 e. The van der Waals surface area contributed by atoms with Crippen molar-refractivity contribution in [2.24, 2.45) is 11.3 Å². The lowest BCUT2D eigenvalue weighted by Gasteiger charge is -2.41. The molecule has 0 aromatic carbocycles. The number of likely N-dealkylation sites (tertiary alicyclic amines) is 1. The highest BCUT2D eigenvalue weighted by molar-refractivity contribution is 4.86. The molecule has 0 aliphatic carbocycles. The van der Waals surface area contributed by atoms with Gasteiger partial charge in [-0.3, -0.25) is 0 Å². The Morgan fingerprint density at radius 1 is 1.26 bits per heavy atom. The van der Waals surface area contributed by atoms with Gasteiger partial charge in [0.25, 0.3) is 0 Å².